The lowest BCUT2D eigenvalue weighted by Gasteiger charge is -2.12. The molecule has 29 heavy (non-hydrogen) atoms. The maximum absolute atomic E-state index is 12.2. The molecule has 2 N–H and O–H groups in total. The van der Waals surface area contributed by atoms with Gasteiger partial charge in [-0.1, -0.05) is 30.7 Å². The van der Waals surface area contributed by atoms with Gasteiger partial charge in [0.2, 0.25) is 0 Å². The number of carbonyl (C=O) groups is 2. The van der Waals surface area contributed by atoms with Gasteiger partial charge in [-0.2, -0.15) is 0 Å². The van der Waals surface area contributed by atoms with Gasteiger partial charge in [-0.25, -0.2) is 0 Å². The summed E-state index contributed by atoms with van der Waals surface area (Å²) in [5, 5.41) is 0. The van der Waals surface area contributed by atoms with Gasteiger partial charge in [-0.3, -0.25) is 20.4 Å². The average Bonchev–Trinajstić information content (AvgIpc) is 2.70. The molecular weight excluding hydrogens is 368 g/mol. The molecule has 0 aliphatic carbocycles. The van der Waals surface area contributed by atoms with Crippen LogP contribution in [0.2, 0.25) is 0 Å². The van der Waals surface area contributed by atoms with Gasteiger partial charge in [0.15, 0.2) is 11.5 Å². The van der Waals surface area contributed by atoms with E-state index >= 15 is 0 Å². The van der Waals surface area contributed by atoms with Crippen molar-refractivity contribution in [2.75, 3.05) is 13.2 Å². The van der Waals surface area contributed by atoms with Gasteiger partial charge in [-0.05, 0) is 62.6 Å². The van der Waals surface area contributed by atoms with E-state index in [0.29, 0.717) is 30.3 Å². The lowest BCUT2D eigenvalue weighted by atomic mass is 10.1. The molecule has 0 aliphatic rings. The highest BCUT2D eigenvalue weighted by atomic mass is 16.5. The van der Waals surface area contributed by atoms with Gasteiger partial charge in [0.05, 0.1) is 13.2 Å². The van der Waals surface area contributed by atoms with Crippen molar-refractivity contribution in [3.63, 3.8) is 0 Å². The van der Waals surface area contributed by atoms with Crippen molar-refractivity contribution in [3.8, 4) is 11.5 Å². The van der Waals surface area contributed by atoms with E-state index in [1.807, 2.05) is 58.0 Å². The van der Waals surface area contributed by atoms with E-state index in [2.05, 4.69) is 10.9 Å². The van der Waals surface area contributed by atoms with E-state index in [0.717, 1.165) is 23.1 Å². The molecule has 2 aromatic carbocycles. The Balaban J connectivity index is 1.97. The minimum atomic E-state index is -0.438. The second-order valence-corrected chi connectivity index (χ2v) is 6.58. The van der Waals surface area contributed by atoms with E-state index in [1.54, 1.807) is 12.1 Å². The molecule has 0 spiro atoms. The van der Waals surface area contributed by atoms with Crippen molar-refractivity contribution in [1.29, 1.82) is 0 Å². The second-order valence-electron chi connectivity index (χ2n) is 6.58. The Kier molecular flexibility index (Phi) is 8.27. The number of benzene rings is 2. The van der Waals surface area contributed by atoms with E-state index < -0.39 is 5.91 Å². The number of aryl methyl sites for hydroxylation is 2. The predicted molar refractivity (Wildman–Crippen MR) is 114 cm³/mol. The van der Waals surface area contributed by atoms with Crippen LogP contribution in [0.4, 0.5) is 0 Å². The zero-order chi connectivity index (χ0) is 21.2. The molecule has 0 radical (unpaired) electrons. The van der Waals surface area contributed by atoms with E-state index in [-0.39, 0.29) is 5.91 Å². The molecule has 0 aliphatic heterocycles. The minimum absolute atomic E-state index is 0.361. The van der Waals surface area contributed by atoms with Crippen LogP contribution in [0.1, 0.15) is 47.3 Å². The third-order valence-electron chi connectivity index (χ3n) is 4.08. The van der Waals surface area contributed by atoms with Gasteiger partial charge in [-0.15, -0.1) is 0 Å². The second kappa shape index (κ2) is 10.9. The van der Waals surface area contributed by atoms with Crippen molar-refractivity contribution < 1.29 is 19.1 Å². The molecular formula is C23H28N2O4. The highest BCUT2D eigenvalue weighted by molar-refractivity contribution is 5.98. The van der Waals surface area contributed by atoms with Crippen molar-refractivity contribution in [2.24, 2.45) is 0 Å². The Morgan fingerprint density at radius 3 is 2.45 bits per heavy atom. The summed E-state index contributed by atoms with van der Waals surface area (Å²) in [7, 11) is 0. The molecule has 0 saturated heterocycles. The number of hydrogen-bond donors (Lipinski definition) is 2. The van der Waals surface area contributed by atoms with Crippen molar-refractivity contribution >= 4 is 17.9 Å². The van der Waals surface area contributed by atoms with Crippen LogP contribution < -0.4 is 20.3 Å². The SMILES string of the molecule is CCCOc1ccc(/C=C/C(=O)NNC(=O)c2ccc(C)cc2C)cc1OCC. The fraction of sp³-hybridized carbons (Fsp3) is 0.304. The number of rotatable bonds is 8. The molecule has 0 bridgehead atoms. The molecule has 0 atom stereocenters. The van der Waals surface area contributed by atoms with Crippen molar-refractivity contribution in [3.05, 3.63) is 64.7 Å². The number of hydrogen-bond acceptors (Lipinski definition) is 4. The van der Waals surface area contributed by atoms with Crippen LogP contribution in [0, 0.1) is 13.8 Å². The quantitative estimate of drug-likeness (QED) is 0.523. The molecule has 6 heteroatoms. The van der Waals surface area contributed by atoms with Crippen LogP contribution in [0.5, 0.6) is 11.5 Å². The first-order chi connectivity index (χ1) is 13.9. The standard InChI is InChI=1S/C23H28N2O4/c1-5-13-29-20-11-8-18(15-21(20)28-6-2)9-12-22(26)24-25-23(27)19-10-7-16(3)14-17(19)4/h7-12,14-15H,5-6,13H2,1-4H3,(H,24,26)(H,25,27)/b12-9+. The largest absolute Gasteiger partial charge is 0.490 e. The van der Waals surface area contributed by atoms with Gasteiger partial charge < -0.3 is 9.47 Å². The zero-order valence-electron chi connectivity index (χ0n) is 17.4. The lowest BCUT2D eigenvalue weighted by Crippen LogP contribution is -2.41. The van der Waals surface area contributed by atoms with Crippen LogP contribution in [-0.4, -0.2) is 25.0 Å². The summed E-state index contributed by atoms with van der Waals surface area (Å²) in [4.78, 5) is 24.3. The Hall–Kier alpha value is -3.28. The molecule has 2 rings (SSSR count). The number of amides is 2. The Bertz CT molecular complexity index is 890. The number of nitrogens with one attached hydrogen (secondary N) is 2. The minimum Gasteiger partial charge on any atom is -0.490 e. The van der Waals surface area contributed by atoms with Crippen LogP contribution in [0.25, 0.3) is 6.08 Å². The molecule has 0 saturated carbocycles. The summed E-state index contributed by atoms with van der Waals surface area (Å²) in [5.41, 5.74) is 8.04. The third-order valence-corrected chi connectivity index (χ3v) is 4.08. The topological polar surface area (TPSA) is 76.7 Å². The van der Waals surface area contributed by atoms with Crippen LogP contribution in [-0.2, 0) is 4.79 Å². The van der Waals surface area contributed by atoms with Crippen molar-refractivity contribution in [2.45, 2.75) is 34.1 Å². The average molecular weight is 396 g/mol. The van der Waals surface area contributed by atoms with Gasteiger partial charge in [0.1, 0.15) is 0 Å². The molecule has 0 fully saturated rings. The van der Waals surface area contributed by atoms with E-state index in [4.69, 9.17) is 9.47 Å². The molecule has 2 amide bonds. The summed E-state index contributed by atoms with van der Waals surface area (Å²) in [6.45, 7) is 8.87. The fourth-order valence-electron chi connectivity index (χ4n) is 2.70. The van der Waals surface area contributed by atoms with Crippen molar-refractivity contribution in [1.82, 2.24) is 10.9 Å². The Morgan fingerprint density at radius 2 is 1.76 bits per heavy atom. The summed E-state index contributed by atoms with van der Waals surface area (Å²) in [6.07, 6.45) is 3.89. The van der Waals surface area contributed by atoms with E-state index in [1.165, 1.54) is 6.08 Å². The Labute approximate surface area is 171 Å². The maximum atomic E-state index is 12.2. The van der Waals surface area contributed by atoms with Crippen LogP contribution in [0.15, 0.2) is 42.5 Å². The number of carbonyl (C=O) groups excluding carboxylic acids is 2. The first kappa shape index (κ1) is 22.0. The van der Waals surface area contributed by atoms with Crippen LogP contribution in [0.3, 0.4) is 0 Å². The van der Waals surface area contributed by atoms with Gasteiger partial charge in [0.25, 0.3) is 11.8 Å². The summed E-state index contributed by atoms with van der Waals surface area (Å²) in [6, 6.07) is 11.0. The first-order valence-electron chi connectivity index (χ1n) is 9.69. The first-order valence-corrected chi connectivity index (χ1v) is 9.69. The number of ether oxygens (including phenoxy) is 2. The normalized spacial score (nSPS) is 10.6. The fourth-order valence-corrected chi connectivity index (χ4v) is 2.70. The van der Waals surface area contributed by atoms with Gasteiger partial charge >= 0.3 is 0 Å². The van der Waals surface area contributed by atoms with Gasteiger partial charge in [0, 0.05) is 11.6 Å². The molecule has 154 valence electrons. The van der Waals surface area contributed by atoms with E-state index in [9.17, 15) is 9.59 Å². The summed E-state index contributed by atoms with van der Waals surface area (Å²) in [5.74, 6) is 0.510. The molecule has 6 nitrogen and oxygen atoms in total. The smallest absolute Gasteiger partial charge is 0.269 e. The highest BCUT2D eigenvalue weighted by Crippen LogP contribution is 2.29. The predicted octanol–water partition coefficient (Wildman–Crippen LogP) is 3.97. The third kappa shape index (κ3) is 6.68. The number of hydrazine groups is 1. The monoisotopic (exact) mass is 396 g/mol. The maximum Gasteiger partial charge on any atom is 0.269 e. The molecule has 2 aromatic rings. The molecule has 0 unspecified atom stereocenters. The van der Waals surface area contributed by atoms with Crippen LogP contribution >= 0.6 is 0 Å². The lowest BCUT2D eigenvalue weighted by molar-refractivity contribution is -0.117. The summed E-state index contributed by atoms with van der Waals surface area (Å²) >= 11 is 0. The molecule has 0 heterocycles. The highest BCUT2D eigenvalue weighted by Gasteiger charge is 2.09. The Morgan fingerprint density at radius 1 is 0.966 bits per heavy atom. The summed E-state index contributed by atoms with van der Waals surface area (Å²) < 4.78 is 11.3. The zero-order valence-corrected chi connectivity index (χ0v) is 17.4. The molecule has 0 aromatic heterocycles.